The van der Waals surface area contributed by atoms with Crippen LogP contribution >= 0.6 is 0 Å². The van der Waals surface area contributed by atoms with Crippen LogP contribution in [0, 0.1) is 5.41 Å². The van der Waals surface area contributed by atoms with Crippen LogP contribution in [0.4, 0.5) is 0 Å². The van der Waals surface area contributed by atoms with Crippen LogP contribution in [0.25, 0.3) is 6.08 Å². The number of carbonyl (C=O) groups excluding carboxylic acids is 4. The number of nitrogens with one attached hydrogen (secondary N) is 1. The topological polar surface area (TPSA) is 147 Å². The molecule has 4 aliphatic heterocycles. The summed E-state index contributed by atoms with van der Waals surface area (Å²) in [5.74, 6) is -2.39. The highest BCUT2D eigenvalue weighted by Crippen LogP contribution is 2.59. The maximum atomic E-state index is 15.1. The molecular weight excluding hydrogens is 644 g/mol. The summed E-state index contributed by atoms with van der Waals surface area (Å²) in [6.07, 6.45) is 2.51. The van der Waals surface area contributed by atoms with Crippen molar-refractivity contribution in [1.29, 1.82) is 0 Å². The van der Waals surface area contributed by atoms with Crippen molar-refractivity contribution < 1.29 is 43.3 Å². The molecule has 50 heavy (non-hydrogen) atoms. The third-order valence-corrected chi connectivity index (χ3v) is 11.1. The minimum atomic E-state index is -1.41. The number of esters is 1. The van der Waals surface area contributed by atoms with E-state index < -0.39 is 53.7 Å². The lowest BCUT2D eigenvalue weighted by atomic mass is 9.62. The van der Waals surface area contributed by atoms with E-state index >= 15 is 4.79 Å². The largest absolute Gasteiger partial charge is 0.458 e. The lowest BCUT2D eigenvalue weighted by Gasteiger charge is -2.50. The van der Waals surface area contributed by atoms with Gasteiger partial charge in [-0.1, -0.05) is 48.5 Å². The fourth-order valence-electron chi connectivity index (χ4n) is 8.88. The first kappa shape index (κ1) is 33.0. The quantitative estimate of drug-likeness (QED) is 0.304. The van der Waals surface area contributed by atoms with Gasteiger partial charge < -0.3 is 34.4 Å². The van der Waals surface area contributed by atoms with Crippen molar-refractivity contribution in [3.63, 3.8) is 0 Å². The molecule has 1 saturated carbocycles. The van der Waals surface area contributed by atoms with Gasteiger partial charge in [0.2, 0.25) is 17.7 Å². The monoisotopic (exact) mass is 686 g/mol. The minimum Gasteiger partial charge on any atom is -0.458 e. The van der Waals surface area contributed by atoms with Crippen LogP contribution in [-0.2, 0) is 57.6 Å². The molecule has 2 aromatic carbocycles. The minimum absolute atomic E-state index is 0.0794. The number of amides is 3. The molecule has 7 atom stereocenters. The fourth-order valence-corrected chi connectivity index (χ4v) is 8.88. The van der Waals surface area contributed by atoms with E-state index in [2.05, 4.69) is 17.4 Å². The van der Waals surface area contributed by atoms with Gasteiger partial charge in [0.15, 0.2) is 11.8 Å². The highest BCUT2D eigenvalue weighted by molar-refractivity contribution is 5.96. The first-order valence-corrected chi connectivity index (χ1v) is 17.4. The number of likely N-dealkylation sites (tertiary alicyclic amines) is 1. The van der Waals surface area contributed by atoms with Gasteiger partial charge in [-0.25, -0.2) is 0 Å². The Balaban J connectivity index is 1.15. The van der Waals surface area contributed by atoms with E-state index in [0.717, 1.165) is 22.3 Å². The van der Waals surface area contributed by atoms with E-state index in [4.69, 9.17) is 19.0 Å². The summed E-state index contributed by atoms with van der Waals surface area (Å²) in [5.41, 5.74) is 2.43. The third-order valence-electron chi connectivity index (χ3n) is 11.1. The molecule has 4 saturated heterocycles. The first-order valence-electron chi connectivity index (χ1n) is 17.4. The SMILES string of the molecule is CN(C)C(=O)C=Cc1cccc(CN2OC3C4OC5(Cc6ccccc6C5)OC4C4CC3(C(=O)N3CCCC3C(=O)NCCO)C2C(=O)O4)c1. The van der Waals surface area contributed by atoms with E-state index in [1.165, 1.54) is 11.0 Å². The van der Waals surface area contributed by atoms with Crippen molar-refractivity contribution in [2.75, 3.05) is 33.8 Å². The van der Waals surface area contributed by atoms with Gasteiger partial charge in [0.1, 0.15) is 35.9 Å². The first-order chi connectivity index (χ1) is 24.1. The van der Waals surface area contributed by atoms with Crippen molar-refractivity contribution in [1.82, 2.24) is 20.2 Å². The lowest BCUT2D eigenvalue weighted by Crippen LogP contribution is -2.70. The number of carbonyl (C=O) groups is 4. The summed E-state index contributed by atoms with van der Waals surface area (Å²) in [5, 5.41) is 13.6. The van der Waals surface area contributed by atoms with Gasteiger partial charge in [-0.3, -0.25) is 24.0 Å². The summed E-state index contributed by atoms with van der Waals surface area (Å²) >= 11 is 0. The zero-order valence-electron chi connectivity index (χ0n) is 28.2. The second kappa shape index (κ2) is 12.6. The summed E-state index contributed by atoms with van der Waals surface area (Å²) in [6, 6.07) is 13.8. The number of hydroxylamine groups is 2. The van der Waals surface area contributed by atoms with Crippen LogP contribution in [-0.4, -0.2) is 120 Å². The molecule has 2 aromatic rings. The number of rotatable bonds is 8. The number of aliphatic hydroxyl groups excluding tert-OH is 1. The summed E-state index contributed by atoms with van der Waals surface area (Å²) < 4.78 is 19.7. The average molecular weight is 687 g/mol. The van der Waals surface area contributed by atoms with Gasteiger partial charge in [0.05, 0.1) is 13.2 Å². The molecule has 5 fully saturated rings. The van der Waals surface area contributed by atoms with E-state index in [1.807, 2.05) is 36.4 Å². The van der Waals surface area contributed by atoms with Crippen molar-refractivity contribution >= 4 is 29.8 Å². The van der Waals surface area contributed by atoms with Crippen LogP contribution in [0.1, 0.15) is 41.5 Å². The molecule has 0 aromatic heterocycles. The molecular formula is C37H42N4O9. The number of aliphatic hydroxyl groups is 1. The number of fused-ring (bicyclic) bond motifs is 5. The van der Waals surface area contributed by atoms with Gasteiger partial charge in [0, 0.05) is 52.5 Å². The fraction of sp³-hybridized carbons (Fsp3) is 0.514. The molecule has 264 valence electrons. The number of benzene rings is 2. The van der Waals surface area contributed by atoms with E-state index in [9.17, 15) is 19.5 Å². The zero-order chi connectivity index (χ0) is 34.8. The molecule has 13 heteroatoms. The Morgan fingerprint density at radius 2 is 1.82 bits per heavy atom. The second-order valence-electron chi connectivity index (χ2n) is 14.4. The van der Waals surface area contributed by atoms with Crippen molar-refractivity contribution in [3.05, 3.63) is 76.9 Å². The Kier molecular flexibility index (Phi) is 8.30. The Labute approximate surface area is 290 Å². The highest BCUT2D eigenvalue weighted by atomic mass is 16.8. The Morgan fingerprint density at radius 3 is 2.56 bits per heavy atom. The molecule has 0 radical (unpaired) electrons. The van der Waals surface area contributed by atoms with Crippen LogP contribution in [0.5, 0.6) is 0 Å². The molecule has 2 N–H and O–H groups in total. The van der Waals surface area contributed by atoms with Gasteiger partial charge in [-0.15, -0.1) is 0 Å². The second-order valence-corrected chi connectivity index (χ2v) is 14.4. The number of likely N-dealkylation sites (N-methyl/N-ethyl adjacent to an activating group) is 1. The molecule has 7 unspecified atom stereocenters. The Bertz CT molecular complexity index is 1720. The maximum Gasteiger partial charge on any atom is 0.327 e. The predicted octanol–water partition coefficient (Wildman–Crippen LogP) is 0.967. The number of hydrogen-bond acceptors (Lipinski definition) is 10. The molecule has 4 heterocycles. The average Bonchev–Trinajstić information content (AvgIpc) is 3.89. The van der Waals surface area contributed by atoms with Crippen LogP contribution < -0.4 is 5.32 Å². The molecule has 2 aliphatic carbocycles. The lowest BCUT2D eigenvalue weighted by molar-refractivity contribution is -0.218. The molecule has 6 aliphatic rings. The zero-order valence-corrected chi connectivity index (χ0v) is 28.2. The van der Waals surface area contributed by atoms with Crippen molar-refractivity contribution in [2.45, 2.75) is 80.9 Å². The number of ether oxygens (including phenoxy) is 3. The van der Waals surface area contributed by atoms with Crippen molar-refractivity contribution in [3.8, 4) is 0 Å². The smallest absolute Gasteiger partial charge is 0.327 e. The van der Waals surface area contributed by atoms with E-state index in [1.54, 1.807) is 30.1 Å². The molecule has 2 bridgehead atoms. The summed E-state index contributed by atoms with van der Waals surface area (Å²) in [7, 11) is 3.36. The van der Waals surface area contributed by atoms with Crippen LogP contribution in [0.15, 0.2) is 54.6 Å². The van der Waals surface area contributed by atoms with Crippen LogP contribution in [0.2, 0.25) is 0 Å². The molecule has 3 amide bonds. The van der Waals surface area contributed by atoms with Gasteiger partial charge in [-0.2, -0.15) is 5.06 Å². The van der Waals surface area contributed by atoms with Crippen LogP contribution in [0.3, 0.4) is 0 Å². The standard InChI is InChI=1S/C37H42N4O9/c1-39(2)28(43)13-12-22-7-5-8-23(17-22)21-41-31-34(45)47-27-20-37(31,35(46)40-15-6-11-26(40)33(44)38-14-16-42)32(50-41)30-29(27)48-36(49-30)18-24-9-3-4-10-25(24)19-36/h3-5,7-10,12-13,17,26-27,29-32,42H,6,11,14-16,18-21H2,1-2H3,(H,38,44). The predicted molar refractivity (Wildman–Crippen MR) is 176 cm³/mol. The van der Waals surface area contributed by atoms with Gasteiger partial charge in [0.25, 0.3) is 0 Å². The number of hydrogen-bond donors (Lipinski definition) is 2. The van der Waals surface area contributed by atoms with Gasteiger partial charge in [-0.05, 0) is 41.2 Å². The normalized spacial score (nSPS) is 31.9. The van der Waals surface area contributed by atoms with Crippen molar-refractivity contribution in [2.24, 2.45) is 5.41 Å². The third kappa shape index (κ3) is 5.34. The molecule has 1 spiro atoms. The summed E-state index contributed by atoms with van der Waals surface area (Å²) in [6.45, 7) is 0.359. The molecule has 13 nitrogen and oxygen atoms in total. The summed E-state index contributed by atoms with van der Waals surface area (Å²) in [4.78, 5) is 64.5. The Hall–Kier alpha value is -4.14. The highest BCUT2D eigenvalue weighted by Gasteiger charge is 2.77. The Morgan fingerprint density at radius 1 is 1.06 bits per heavy atom. The van der Waals surface area contributed by atoms with E-state index in [-0.39, 0.29) is 43.8 Å². The maximum absolute atomic E-state index is 15.1. The van der Waals surface area contributed by atoms with E-state index in [0.29, 0.717) is 32.2 Å². The number of nitrogens with zero attached hydrogens (tertiary/aromatic N) is 3. The van der Waals surface area contributed by atoms with Gasteiger partial charge >= 0.3 is 5.97 Å². The molecule has 8 rings (SSSR count).